The van der Waals surface area contributed by atoms with Crippen LogP contribution in [0.4, 0.5) is 0 Å². The molecule has 1 aliphatic rings. The predicted molar refractivity (Wildman–Crippen MR) is 60.1 cm³/mol. The minimum absolute atomic E-state index is 0.134. The zero-order valence-corrected chi connectivity index (χ0v) is 9.59. The summed E-state index contributed by atoms with van der Waals surface area (Å²) in [5.74, 6) is 0.134. The third-order valence-corrected chi connectivity index (χ3v) is 3.48. The van der Waals surface area contributed by atoms with E-state index in [1.807, 2.05) is 11.9 Å². The van der Waals surface area contributed by atoms with Crippen LogP contribution in [0, 0.1) is 0 Å². The van der Waals surface area contributed by atoms with Gasteiger partial charge in [-0.25, -0.2) is 0 Å². The number of likely N-dealkylation sites (tertiary alicyclic amines) is 1. The Kier molecular flexibility index (Phi) is 3.33. The monoisotopic (exact) mass is 225 g/mol. The molecule has 0 aliphatic carbocycles. The number of hydrogen-bond acceptors (Lipinski definition) is 4. The number of nitrogens with one attached hydrogen (secondary N) is 1. The van der Waals surface area contributed by atoms with Crippen LogP contribution in [0.15, 0.2) is 11.7 Å². The van der Waals surface area contributed by atoms with Gasteiger partial charge in [0.1, 0.15) is 4.88 Å². The summed E-state index contributed by atoms with van der Waals surface area (Å²) < 4.78 is 0. The lowest BCUT2D eigenvalue weighted by molar-refractivity contribution is 0.0741. The van der Waals surface area contributed by atoms with Crippen molar-refractivity contribution >= 4 is 17.2 Å². The van der Waals surface area contributed by atoms with E-state index in [-0.39, 0.29) is 5.91 Å². The summed E-state index contributed by atoms with van der Waals surface area (Å²) in [5, 5.41) is 3.13. The van der Waals surface area contributed by atoms with Crippen molar-refractivity contribution in [2.75, 3.05) is 20.1 Å². The largest absolute Gasteiger partial charge is 0.334 e. The molecular formula is C10H15N3OS. The molecule has 1 N–H and O–H groups in total. The van der Waals surface area contributed by atoms with Crippen LogP contribution >= 0.6 is 11.3 Å². The lowest BCUT2D eigenvalue weighted by Gasteiger charge is -2.23. The highest BCUT2D eigenvalue weighted by atomic mass is 32.1. The van der Waals surface area contributed by atoms with Crippen LogP contribution in [-0.4, -0.2) is 42.0 Å². The van der Waals surface area contributed by atoms with E-state index in [4.69, 9.17) is 0 Å². The van der Waals surface area contributed by atoms with E-state index in [1.165, 1.54) is 11.3 Å². The molecule has 4 nitrogen and oxygen atoms in total. The molecule has 2 rings (SSSR count). The lowest BCUT2D eigenvalue weighted by atomic mass is 10.2. The normalized spacial score (nSPS) is 20.9. The molecule has 1 amide bonds. The van der Waals surface area contributed by atoms with Crippen molar-refractivity contribution in [2.24, 2.45) is 0 Å². The van der Waals surface area contributed by atoms with Gasteiger partial charge in [0.2, 0.25) is 0 Å². The summed E-state index contributed by atoms with van der Waals surface area (Å²) in [6.07, 6.45) is 3.87. The summed E-state index contributed by atoms with van der Waals surface area (Å²) in [5.41, 5.74) is 1.70. The Hall–Kier alpha value is -0.940. The molecule has 15 heavy (non-hydrogen) atoms. The van der Waals surface area contributed by atoms with Crippen LogP contribution in [0.5, 0.6) is 0 Å². The van der Waals surface area contributed by atoms with Gasteiger partial charge in [0.15, 0.2) is 0 Å². The van der Waals surface area contributed by atoms with E-state index in [0.29, 0.717) is 6.04 Å². The minimum Gasteiger partial charge on any atom is -0.334 e. The fraction of sp³-hybridized carbons (Fsp3) is 0.600. The molecule has 1 atom stereocenters. The summed E-state index contributed by atoms with van der Waals surface area (Å²) in [6.45, 7) is 1.76. The Balaban J connectivity index is 2.06. The summed E-state index contributed by atoms with van der Waals surface area (Å²) >= 11 is 1.42. The van der Waals surface area contributed by atoms with Crippen molar-refractivity contribution in [1.82, 2.24) is 15.2 Å². The molecule has 2 heterocycles. The van der Waals surface area contributed by atoms with Crippen LogP contribution < -0.4 is 5.32 Å². The molecule has 1 saturated heterocycles. The number of hydrogen-bond donors (Lipinski definition) is 1. The fourth-order valence-electron chi connectivity index (χ4n) is 2.01. The fourth-order valence-corrected chi connectivity index (χ4v) is 2.59. The molecule has 0 saturated carbocycles. The molecule has 0 radical (unpaired) electrons. The van der Waals surface area contributed by atoms with E-state index in [9.17, 15) is 4.79 Å². The second-order valence-corrected chi connectivity index (χ2v) is 4.60. The predicted octanol–water partition coefficient (Wildman–Crippen LogP) is 0.967. The maximum absolute atomic E-state index is 12.1. The second kappa shape index (κ2) is 4.72. The molecule has 1 unspecified atom stereocenters. The van der Waals surface area contributed by atoms with Gasteiger partial charge in [-0.05, 0) is 19.9 Å². The first-order chi connectivity index (χ1) is 7.33. The zero-order chi connectivity index (χ0) is 10.7. The van der Waals surface area contributed by atoms with Gasteiger partial charge in [-0.15, -0.1) is 11.3 Å². The average molecular weight is 225 g/mol. The van der Waals surface area contributed by atoms with Gasteiger partial charge in [0.25, 0.3) is 5.91 Å². The molecule has 0 spiro atoms. The molecule has 5 heteroatoms. The lowest BCUT2D eigenvalue weighted by Crippen LogP contribution is -2.40. The second-order valence-electron chi connectivity index (χ2n) is 3.72. The van der Waals surface area contributed by atoms with Crippen molar-refractivity contribution in [3.05, 3.63) is 16.6 Å². The number of likely N-dealkylation sites (N-methyl/N-ethyl adjacent to an activating group) is 1. The molecular weight excluding hydrogens is 210 g/mol. The molecule has 1 aliphatic heterocycles. The highest BCUT2D eigenvalue weighted by Gasteiger charge is 2.29. The van der Waals surface area contributed by atoms with Crippen LogP contribution in [0.3, 0.4) is 0 Å². The van der Waals surface area contributed by atoms with Crippen LogP contribution in [0.2, 0.25) is 0 Å². The van der Waals surface area contributed by atoms with E-state index < -0.39 is 0 Å². The number of carbonyl (C=O) groups excluding carboxylic acids is 1. The number of carbonyl (C=O) groups is 1. The number of amides is 1. The summed E-state index contributed by atoms with van der Waals surface area (Å²) in [4.78, 5) is 18.7. The number of thiazole rings is 1. The Bertz CT molecular complexity index is 325. The third kappa shape index (κ3) is 2.18. The van der Waals surface area contributed by atoms with Crippen molar-refractivity contribution in [2.45, 2.75) is 18.9 Å². The van der Waals surface area contributed by atoms with Crippen molar-refractivity contribution < 1.29 is 4.79 Å². The van der Waals surface area contributed by atoms with Crippen molar-refractivity contribution in [3.63, 3.8) is 0 Å². The van der Waals surface area contributed by atoms with Crippen LogP contribution in [0.1, 0.15) is 22.5 Å². The molecule has 0 bridgehead atoms. The first-order valence-corrected chi connectivity index (χ1v) is 6.05. The third-order valence-electron chi connectivity index (χ3n) is 2.72. The Morgan fingerprint density at radius 1 is 1.80 bits per heavy atom. The van der Waals surface area contributed by atoms with Crippen LogP contribution in [0.25, 0.3) is 0 Å². The van der Waals surface area contributed by atoms with E-state index in [1.54, 1.807) is 11.7 Å². The highest BCUT2D eigenvalue weighted by molar-refractivity contribution is 7.11. The van der Waals surface area contributed by atoms with Gasteiger partial charge in [-0.2, -0.15) is 0 Å². The highest BCUT2D eigenvalue weighted by Crippen LogP contribution is 2.20. The minimum atomic E-state index is 0.134. The van der Waals surface area contributed by atoms with Crippen molar-refractivity contribution in [3.8, 4) is 0 Å². The molecule has 1 aromatic rings. The van der Waals surface area contributed by atoms with Gasteiger partial charge in [-0.1, -0.05) is 0 Å². The SMILES string of the molecule is CNCC1CCCN1C(=O)c1cncs1. The quantitative estimate of drug-likeness (QED) is 0.833. The standard InChI is InChI=1S/C10H15N3OS/c1-11-5-8-3-2-4-13(8)10(14)9-6-12-7-15-9/h6-8,11H,2-5H2,1H3. The van der Waals surface area contributed by atoms with Gasteiger partial charge in [0.05, 0.1) is 11.7 Å². The van der Waals surface area contributed by atoms with Gasteiger partial charge < -0.3 is 10.2 Å². The molecule has 0 aromatic carbocycles. The molecule has 1 fully saturated rings. The summed E-state index contributed by atoms with van der Waals surface area (Å²) in [6, 6.07) is 0.351. The Morgan fingerprint density at radius 3 is 3.33 bits per heavy atom. The Labute approximate surface area is 93.3 Å². The van der Waals surface area contributed by atoms with Crippen LogP contribution in [-0.2, 0) is 0 Å². The maximum atomic E-state index is 12.1. The zero-order valence-electron chi connectivity index (χ0n) is 8.77. The number of nitrogens with zero attached hydrogens (tertiary/aromatic N) is 2. The van der Waals surface area contributed by atoms with Crippen molar-refractivity contribution in [1.29, 1.82) is 0 Å². The molecule has 1 aromatic heterocycles. The van der Waals surface area contributed by atoms with Gasteiger partial charge >= 0.3 is 0 Å². The van der Waals surface area contributed by atoms with Gasteiger partial charge in [0, 0.05) is 19.1 Å². The topological polar surface area (TPSA) is 45.2 Å². The summed E-state index contributed by atoms with van der Waals surface area (Å²) in [7, 11) is 1.92. The number of aromatic nitrogens is 1. The Morgan fingerprint density at radius 2 is 2.67 bits per heavy atom. The van der Waals surface area contributed by atoms with Gasteiger partial charge in [-0.3, -0.25) is 9.78 Å². The van der Waals surface area contributed by atoms with E-state index in [2.05, 4.69) is 10.3 Å². The average Bonchev–Trinajstić information content (AvgIpc) is 2.87. The smallest absolute Gasteiger partial charge is 0.265 e. The molecule has 82 valence electrons. The van der Waals surface area contributed by atoms with E-state index >= 15 is 0 Å². The first-order valence-electron chi connectivity index (χ1n) is 5.17. The first kappa shape index (κ1) is 10.6. The number of rotatable bonds is 3. The van der Waals surface area contributed by atoms with E-state index in [0.717, 1.165) is 30.8 Å². The maximum Gasteiger partial charge on any atom is 0.265 e.